The van der Waals surface area contributed by atoms with Crippen molar-refractivity contribution in [3.8, 4) is 5.75 Å². The third-order valence-electron chi connectivity index (χ3n) is 3.59. The number of nitrogens with one attached hydrogen (secondary N) is 1. The van der Waals surface area contributed by atoms with Gasteiger partial charge in [-0.3, -0.25) is 4.79 Å². The predicted octanol–water partition coefficient (Wildman–Crippen LogP) is 3.96. The number of benzene rings is 2. The number of anilines is 1. The molecule has 21 heavy (non-hydrogen) atoms. The van der Waals surface area contributed by atoms with E-state index in [4.69, 9.17) is 4.74 Å². The van der Waals surface area contributed by atoms with Crippen molar-refractivity contribution in [2.24, 2.45) is 0 Å². The van der Waals surface area contributed by atoms with Gasteiger partial charge in [0, 0.05) is 4.47 Å². The predicted molar refractivity (Wildman–Crippen MR) is 86.7 cm³/mol. The summed E-state index contributed by atoms with van der Waals surface area (Å²) in [6.45, 7) is 0.0140. The number of fused-ring (bicyclic) bond motifs is 1. The zero-order chi connectivity index (χ0) is 14.7. The molecular weight excluding hydrogens is 330 g/mol. The third kappa shape index (κ3) is 3.45. The smallest absolute Gasteiger partial charge is 0.262 e. The van der Waals surface area contributed by atoms with Crippen LogP contribution in [0.15, 0.2) is 46.9 Å². The number of ether oxygens (including phenoxy) is 1. The minimum absolute atomic E-state index is 0.0140. The standard InChI is InChI=1S/C17H16BrNO2/c18-15-6-1-2-7-16(15)19-17(20)11-21-14-9-8-12-4-3-5-13(12)10-14/h1-2,6-10H,3-5,11H2,(H,19,20). The van der Waals surface area contributed by atoms with Crippen molar-refractivity contribution in [3.63, 3.8) is 0 Å². The van der Waals surface area contributed by atoms with Gasteiger partial charge < -0.3 is 10.1 Å². The second kappa shape index (κ2) is 6.31. The van der Waals surface area contributed by atoms with Crippen LogP contribution in [0.5, 0.6) is 5.75 Å². The van der Waals surface area contributed by atoms with Crippen LogP contribution in [0, 0.1) is 0 Å². The molecule has 1 N–H and O–H groups in total. The summed E-state index contributed by atoms with van der Waals surface area (Å²) in [4.78, 5) is 11.9. The van der Waals surface area contributed by atoms with Gasteiger partial charge >= 0.3 is 0 Å². The highest BCUT2D eigenvalue weighted by Crippen LogP contribution is 2.26. The van der Waals surface area contributed by atoms with Crippen molar-refractivity contribution < 1.29 is 9.53 Å². The SMILES string of the molecule is O=C(COc1ccc2c(c1)CCC2)Nc1ccccc1Br. The third-order valence-corrected chi connectivity index (χ3v) is 4.28. The van der Waals surface area contributed by atoms with E-state index in [9.17, 15) is 4.79 Å². The molecule has 0 radical (unpaired) electrons. The highest BCUT2D eigenvalue weighted by molar-refractivity contribution is 9.10. The fourth-order valence-corrected chi connectivity index (χ4v) is 2.92. The molecule has 0 spiro atoms. The summed E-state index contributed by atoms with van der Waals surface area (Å²) in [7, 11) is 0. The highest BCUT2D eigenvalue weighted by atomic mass is 79.9. The molecule has 0 saturated carbocycles. The van der Waals surface area contributed by atoms with Gasteiger partial charge in [0.2, 0.25) is 0 Å². The molecule has 3 nitrogen and oxygen atoms in total. The number of carbonyl (C=O) groups is 1. The lowest BCUT2D eigenvalue weighted by molar-refractivity contribution is -0.118. The Labute approximate surface area is 132 Å². The van der Waals surface area contributed by atoms with Crippen molar-refractivity contribution in [1.29, 1.82) is 0 Å². The maximum absolute atomic E-state index is 11.9. The Hall–Kier alpha value is -1.81. The monoisotopic (exact) mass is 345 g/mol. The number of aryl methyl sites for hydroxylation is 2. The van der Waals surface area contributed by atoms with Gasteiger partial charge in [0.15, 0.2) is 6.61 Å². The van der Waals surface area contributed by atoms with E-state index < -0.39 is 0 Å². The Bertz CT molecular complexity index is 670. The van der Waals surface area contributed by atoms with Crippen LogP contribution >= 0.6 is 15.9 Å². The van der Waals surface area contributed by atoms with E-state index in [2.05, 4.69) is 27.3 Å². The molecule has 0 unspecified atom stereocenters. The molecule has 0 saturated heterocycles. The average Bonchev–Trinajstić information content (AvgIpc) is 2.95. The van der Waals surface area contributed by atoms with Crippen LogP contribution in [0.25, 0.3) is 0 Å². The Morgan fingerprint density at radius 1 is 1.14 bits per heavy atom. The van der Waals surface area contributed by atoms with Gasteiger partial charge in [0.05, 0.1) is 5.69 Å². The second-order valence-electron chi connectivity index (χ2n) is 5.10. The summed E-state index contributed by atoms with van der Waals surface area (Å²) in [5, 5.41) is 2.82. The van der Waals surface area contributed by atoms with Crippen molar-refractivity contribution >= 4 is 27.5 Å². The van der Waals surface area contributed by atoms with E-state index in [-0.39, 0.29) is 12.5 Å². The van der Waals surface area contributed by atoms with E-state index in [1.165, 1.54) is 17.5 Å². The molecule has 2 aromatic carbocycles. The molecule has 1 aliphatic rings. The van der Waals surface area contributed by atoms with Gasteiger partial charge in [-0.25, -0.2) is 0 Å². The largest absolute Gasteiger partial charge is 0.484 e. The van der Waals surface area contributed by atoms with Gasteiger partial charge in [-0.2, -0.15) is 0 Å². The van der Waals surface area contributed by atoms with Gasteiger partial charge in [0.25, 0.3) is 5.91 Å². The van der Waals surface area contributed by atoms with Gasteiger partial charge in [-0.1, -0.05) is 18.2 Å². The fourth-order valence-electron chi connectivity index (χ4n) is 2.54. The molecular formula is C17H16BrNO2. The zero-order valence-electron chi connectivity index (χ0n) is 11.6. The highest BCUT2D eigenvalue weighted by Gasteiger charge is 2.12. The molecule has 0 fully saturated rings. The molecule has 0 aliphatic heterocycles. The van der Waals surface area contributed by atoms with E-state index in [0.717, 1.165) is 28.8 Å². The number of halogens is 1. The van der Waals surface area contributed by atoms with Crippen molar-refractivity contribution in [1.82, 2.24) is 0 Å². The minimum Gasteiger partial charge on any atom is -0.484 e. The number of hydrogen-bond acceptors (Lipinski definition) is 2. The van der Waals surface area contributed by atoms with Crippen LogP contribution in [0.4, 0.5) is 5.69 Å². The van der Waals surface area contributed by atoms with Crippen LogP contribution in [0.3, 0.4) is 0 Å². The molecule has 0 bridgehead atoms. The fraction of sp³-hybridized carbons (Fsp3) is 0.235. The molecule has 0 aromatic heterocycles. The molecule has 4 heteroatoms. The van der Waals surface area contributed by atoms with Gasteiger partial charge in [-0.15, -0.1) is 0 Å². The first-order valence-electron chi connectivity index (χ1n) is 7.01. The molecule has 1 amide bonds. The van der Waals surface area contributed by atoms with Crippen LogP contribution < -0.4 is 10.1 Å². The van der Waals surface area contributed by atoms with Crippen molar-refractivity contribution in [2.45, 2.75) is 19.3 Å². The topological polar surface area (TPSA) is 38.3 Å². The van der Waals surface area contributed by atoms with E-state index in [1.807, 2.05) is 36.4 Å². The Morgan fingerprint density at radius 2 is 1.95 bits per heavy atom. The first-order chi connectivity index (χ1) is 10.2. The average molecular weight is 346 g/mol. The minimum atomic E-state index is -0.164. The van der Waals surface area contributed by atoms with E-state index >= 15 is 0 Å². The van der Waals surface area contributed by atoms with Crippen molar-refractivity contribution in [2.75, 3.05) is 11.9 Å². The molecule has 1 aliphatic carbocycles. The van der Waals surface area contributed by atoms with Crippen molar-refractivity contribution in [3.05, 3.63) is 58.1 Å². The van der Waals surface area contributed by atoms with Crippen LogP contribution in [0.1, 0.15) is 17.5 Å². The number of carbonyl (C=O) groups excluding carboxylic acids is 1. The molecule has 0 heterocycles. The summed E-state index contributed by atoms with van der Waals surface area (Å²) in [6, 6.07) is 13.6. The quantitative estimate of drug-likeness (QED) is 0.910. The second-order valence-corrected chi connectivity index (χ2v) is 5.96. The molecule has 108 valence electrons. The van der Waals surface area contributed by atoms with E-state index in [1.54, 1.807) is 0 Å². The summed E-state index contributed by atoms with van der Waals surface area (Å²) in [6.07, 6.45) is 3.47. The molecule has 2 aromatic rings. The zero-order valence-corrected chi connectivity index (χ0v) is 13.2. The first-order valence-corrected chi connectivity index (χ1v) is 7.80. The lowest BCUT2D eigenvalue weighted by atomic mass is 10.1. The Morgan fingerprint density at radius 3 is 2.81 bits per heavy atom. The number of rotatable bonds is 4. The Balaban J connectivity index is 1.58. The Kier molecular flexibility index (Phi) is 4.25. The number of amides is 1. The first kappa shape index (κ1) is 14.1. The van der Waals surface area contributed by atoms with Crippen LogP contribution in [0.2, 0.25) is 0 Å². The van der Waals surface area contributed by atoms with Crippen LogP contribution in [-0.2, 0) is 17.6 Å². The summed E-state index contributed by atoms with van der Waals surface area (Å²) in [5.41, 5.74) is 3.50. The van der Waals surface area contributed by atoms with E-state index in [0.29, 0.717) is 0 Å². The normalized spacial score (nSPS) is 12.8. The maximum atomic E-state index is 11.9. The molecule has 0 atom stereocenters. The summed E-state index contributed by atoms with van der Waals surface area (Å²) >= 11 is 3.40. The van der Waals surface area contributed by atoms with Gasteiger partial charge in [0.1, 0.15) is 5.75 Å². The lowest BCUT2D eigenvalue weighted by Crippen LogP contribution is -2.20. The maximum Gasteiger partial charge on any atom is 0.262 e. The van der Waals surface area contributed by atoms with Crippen LogP contribution in [-0.4, -0.2) is 12.5 Å². The summed E-state index contributed by atoms with van der Waals surface area (Å²) < 4.78 is 6.44. The molecule has 3 rings (SSSR count). The summed E-state index contributed by atoms with van der Waals surface area (Å²) in [5.74, 6) is 0.598. The number of para-hydroxylation sites is 1. The lowest BCUT2D eigenvalue weighted by Gasteiger charge is -2.09. The number of hydrogen-bond donors (Lipinski definition) is 1. The van der Waals surface area contributed by atoms with Gasteiger partial charge in [-0.05, 0) is 70.6 Å².